The van der Waals surface area contributed by atoms with Gasteiger partial charge >= 0.3 is 0 Å². The average Bonchev–Trinajstić information content (AvgIpc) is 2.31. The molecule has 0 saturated carbocycles. The van der Waals surface area contributed by atoms with Gasteiger partial charge in [0.25, 0.3) is 0 Å². The van der Waals surface area contributed by atoms with E-state index >= 15 is 0 Å². The molecule has 1 aromatic rings. The normalized spacial score (nSPS) is 14.7. The third-order valence-corrected chi connectivity index (χ3v) is 2.75. The molecule has 0 heterocycles. The van der Waals surface area contributed by atoms with Crippen molar-refractivity contribution in [2.75, 3.05) is 26.8 Å². The molecule has 0 amide bonds. The van der Waals surface area contributed by atoms with Crippen molar-refractivity contribution in [3.8, 4) is 0 Å². The number of nitrogens with two attached hydrogens (primary N) is 1. The second kappa shape index (κ2) is 6.63. The fourth-order valence-electron chi connectivity index (χ4n) is 1.71. The number of hydrogen-bond acceptors (Lipinski definition) is 3. The van der Waals surface area contributed by atoms with Crippen molar-refractivity contribution < 1.29 is 4.74 Å². The summed E-state index contributed by atoms with van der Waals surface area (Å²) < 4.78 is 5.03. The Hall–Kier alpha value is -0.900. The predicted molar refractivity (Wildman–Crippen MR) is 67.5 cm³/mol. The third kappa shape index (κ3) is 4.31. The van der Waals surface area contributed by atoms with Crippen molar-refractivity contribution in [3.05, 3.63) is 35.9 Å². The van der Waals surface area contributed by atoms with Crippen LogP contribution in [0.2, 0.25) is 0 Å². The lowest BCUT2D eigenvalue weighted by atomic mass is 9.93. The SMILES string of the molecule is COCCNC(C)(CN)Cc1ccccc1. The van der Waals surface area contributed by atoms with Crippen molar-refractivity contribution in [1.29, 1.82) is 0 Å². The molecule has 0 aromatic heterocycles. The molecular formula is C13H22N2O. The van der Waals surface area contributed by atoms with E-state index in [0.29, 0.717) is 13.2 Å². The Balaban J connectivity index is 2.52. The van der Waals surface area contributed by atoms with Gasteiger partial charge in [0.2, 0.25) is 0 Å². The van der Waals surface area contributed by atoms with Gasteiger partial charge < -0.3 is 15.8 Å². The van der Waals surface area contributed by atoms with E-state index in [1.165, 1.54) is 5.56 Å². The number of nitrogens with one attached hydrogen (secondary N) is 1. The van der Waals surface area contributed by atoms with Crippen LogP contribution < -0.4 is 11.1 Å². The highest BCUT2D eigenvalue weighted by molar-refractivity contribution is 5.17. The lowest BCUT2D eigenvalue weighted by Gasteiger charge is -2.29. The summed E-state index contributed by atoms with van der Waals surface area (Å²) in [6, 6.07) is 10.4. The zero-order valence-corrected chi connectivity index (χ0v) is 10.2. The van der Waals surface area contributed by atoms with Gasteiger partial charge in [0.15, 0.2) is 0 Å². The van der Waals surface area contributed by atoms with Crippen LogP contribution in [-0.4, -0.2) is 32.3 Å². The third-order valence-electron chi connectivity index (χ3n) is 2.75. The maximum Gasteiger partial charge on any atom is 0.0587 e. The molecule has 0 aliphatic rings. The van der Waals surface area contributed by atoms with E-state index in [0.717, 1.165) is 13.0 Å². The monoisotopic (exact) mass is 222 g/mol. The summed E-state index contributed by atoms with van der Waals surface area (Å²) in [5, 5.41) is 3.45. The molecule has 1 unspecified atom stereocenters. The number of benzene rings is 1. The first kappa shape index (κ1) is 13.2. The fourth-order valence-corrected chi connectivity index (χ4v) is 1.71. The standard InChI is InChI=1S/C13H22N2O/c1-13(11-14,15-8-9-16-2)10-12-6-4-3-5-7-12/h3-7,15H,8-11,14H2,1-2H3. The molecule has 0 aliphatic heterocycles. The van der Waals surface area contributed by atoms with Gasteiger partial charge in [0.1, 0.15) is 0 Å². The summed E-state index contributed by atoms with van der Waals surface area (Å²) in [4.78, 5) is 0. The molecule has 3 N–H and O–H groups in total. The zero-order chi connectivity index (χ0) is 11.9. The summed E-state index contributed by atoms with van der Waals surface area (Å²) in [5.41, 5.74) is 7.08. The molecule has 90 valence electrons. The first-order chi connectivity index (χ1) is 7.70. The van der Waals surface area contributed by atoms with E-state index < -0.39 is 0 Å². The van der Waals surface area contributed by atoms with Gasteiger partial charge in [-0.15, -0.1) is 0 Å². The van der Waals surface area contributed by atoms with Gasteiger partial charge in [-0.25, -0.2) is 0 Å². The molecule has 3 nitrogen and oxygen atoms in total. The van der Waals surface area contributed by atoms with Crippen LogP contribution in [0.25, 0.3) is 0 Å². The van der Waals surface area contributed by atoms with Gasteiger partial charge in [-0.05, 0) is 18.9 Å². The molecule has 0 aliphatic carbocycles. The highest BCUT2D eigenvalue weighted by atomic mass is 16.5. The molecule has 0 spiro atoms. The maximum absolute atomic E-state index is 5.83. The van der Waals surface area contributed by atoms with Crippen molar-refractivity contribution in [2.45, 2.75) is 18.9 Å². The molecule has 16 heavy (non-hydrogen) atoms. The maximum atomic E-state index is 5.83. The van der Waals surface area contributed by atoms with E-state index in [1.54, 1.807) is 7.11 Å². The van der Waals surface area contributed by atoms with Crippen LogP contribution in [0.4, 0.5) is 0 Å². The van der Waals surface area contributed by atoms with Crippen LogP contribution in [-0.2, 0) is 11.2 Å². The Bertz CT molecular complexity index is 289. The summed E-state index contributed by atoms with van der Waals surface area (Å²) in [6.45, 7) is 4.31. The van der Waals surface area contributed by atoms with Gasteiger partial charge in [-0.3, -0.25) is 0 Å². The van der Waals surface area contributed by atoms with Crippen LogP contribution in [0, 0.1) is 0 Å². The van der Waals surface area contributed by atoms with Crippen LogP contribution in [0.15, 0.2) is 30.3 Å². The Labute approximate surface area is 98.0 Å². The van der Waals surface area contributed by atoms with Gasteiger partial charge in [-0.2, -0.15) is 0 Å². The Kier molecular flexibility index (Phi) is 5.46. The first-order valence-corrected chi connectivity index (χ1v) is 5.68. The zero-order valence-electron chi connectivity index (χ0n) is 10.2. The number of hydrogen-bond donors (Lipinski definition) is 2. The second-order valence-corrected chi connectivity index (χ2v) is 4.35. The molecular weight excluding hydrogens is 200 g/mol. The summed E-state index contributed by atoms with van der Waals surface area (Å²) in [6.07, 6.45) is 0.939. The smallest absolute Gasteiger partial charge is 0.0587 e. The Morgan fingerprint density at radius 3 is 2.56 bits per heavy atom. The topological polar surface area (TPSA) is 47.3 Å². The number of rotatable bonds is 7. The molecule has 3 heteroatoms. The van der Waals surface area contributed by atoms with Gasteiger partial charge in [0.05, 0.1) is 6.61 Å². The fraction of sp³-hybridized carbons (Fsp3) is 0.538. The van der Waals surface area contributed by atoms with E-state index in [-0.39, 0.29) is 5.54 Å². The van der Waals surface area contributed by atoms with Crippen LogP contribution in [0.5, 0.6) is 0 Å². The van der Waals surface area contributed by atoms with Gasteiger partial charge in [-0.1, -0.05) is 30.3 Å². The van der Waals surface area contributed by atoms with Gasteiger partial charge in [0, 0.05) is 25.7 Å². The molecule has 1 atom stereocenters. The van der Waals surface area contributed by atoms with Crippen LogP contribution >= 0.6 is 0 Å². The minimum absolute atomic E-state index is 0.0557. The summed E-state index contributed by atoms with van der Waals surface area (Å²) >= 11 is 0. The molecule has 1 aromatic carbocycles. The molecule has 1 rings (SSSR count). The summed E-state index contributed by atoms with van der Waals surface area (Å²) in [7, 11) is 1.71. The minimum atomic E-state index is -0.0557. The largest absolute Gasteiger partial charge is 0.383 e. The highest BCUT2D eigenvalue weighted by Crippen LogP contribution is 2.11. The van der Waals surface area contributed by atoms with Crippen LogP contribution in [0.1, 0.15) is 12.5 Å². The van der Waals surface area contributed by atoms with Crippen molar-refractivity contribution >= 4 is 0 Å². The van der Waals surface area contributed by atoms with E-state index in [1.807, 2.05) is 6.07 Å². The average molecular weight is 222 g/mol. The predicted octanol–water partition coefficient (Wildman–Crippen LogP) is 1.18. The van der Waals surface area contributed by atoms with E-state index in [2.05, 4.69) is 36.5 Å². The first-order valence-electron chi connectivity index (χ1n) is 5.68. The molecule has 0 bridgehead atoms. The second-order valence-electron chi connectivity index (χ2n) is 4.35. The summed E-state index contributed by atoms with van der Waals surface area (Å²) in [5.74, 6) is 0. The van der Waals surface area contributed by atoms with E-state index in [4.69, 9.17) is 10.5 Å². The Morgan fingerprint density at radius 1 is 1.31 bits per heavy atom. The van der Waals surface area contributed by atoms with Crippen LogP contribution in [0.3, 0.4) is 0 Å². The quantitative estimate of drug-likeness (QED) is 0.681. The number of ether oxygens (including phenoxy) is 1. The molecule has 0 saturated heterocycles. The van der Waals surface area contributed by atoms with E-state index in [9.17, 15) is 0 Å². The highest BCUT2D eigenvalue weighted by Gasteiger charge is 2.21. The van der Waals surface area contributed by atoms with Crippen molar-refractivity contribution in [3.63, 3.8) is 0 Å². The lowest BCUT2D eigenvalue weighted by molar-refractivity contribution is 0.186. The molecule has 0 radical (unpaired) electrons. The number of methoxy groups -OCH3 is 1. The molecule has 0 fully saturated rings. The van der Waals surface area contributed by atoms with Crippen molar-refractivity contribution in [2.24, 2.45) is 5.73 Å². The lowest BCUT2D eigenvalue weighted by Crippen LogP contribution is -2.51. The van der Waals surface area contributed by atoms with Crippen molar-refractivity contribution in [1.82, 2.24) is 5.32 Å². The Morgan fingerprint density at radius 2 is 2.00 bits per heavy atom. The minimum Gasteiger partial charge on any atom is -0.383 e.